The summed E-state index contributed by atoms with van der Waals surface area (Å²) in [4.78, 5) is 14.1. The lowest BCUT2D eigenvalue weighted by Gasteiger charge is -2.06. The minimum absolute atomic E-state index is 0.583. The zero-order chi connectivity index (χ0) is 9.40. The molecule has 0 amide bonds. The third-order valence-corrected chi connectivity index (χ3v) is 1.76. The van der Waals surface area contributed by atoms with Gasteiger partial charge in [0.1, 0.15) is 6.04 Å². The van der Waals surface area contributed by atoms with Gasteiger partial charge in [-0.1, -0.05) is 32.6 Å². The van der Waals surface area contributed by atoms with E-state index < -0.39 is 12.0 Å². The predicted octanol–water partition coefficient (Wildman–Crippen LogP) is 1.30. The maximum atomic E-state index is 10.6. The molecule has 4 nitrogen and oxygen atoms in total. The van der Waals surface area contributed by atoms with Gasteiger partial charge in [-0.15, -0.1) is 0 Å². The van der Waals surface area contributed by atoms with Crippen molar-refractivity contribution in [2.45, 2.75) is 45.1 Å². The summed E-state index contributed by atoms with van der Waals surface area (Å²) >= 11 is 0. The smallest absolute Gasteiger partial charge is 0.318 e. The second-order valence-corrected chi connectivity index (χ2v) is 2.87. The molecule has 0 radical (unpaired) electrons. The van der Waals surface area contributed by atoms with E-state index in [0.717, 1.165) is 25.7 Å². The Hall–Kier alpha value is -0.610. The molecule has 72 valence electrons. The van der Waals surface area contributed by atoms with Crippen LogP contribution in [0.25, 0.3) is 0 Å². The van der Waals surface area contributed by atoms with Crippen LogP contribution in [0.15, 0.2) is 0 Å². The minimum atomic E-state index is -0.744. The molecule has 0 saturated heterocycles. The Morgan fingerprint density at radius 3 is 2.67 bits per heavy atom. The Labute approximate surface area is 72.6 Å². The second-order valence-electron chi connectivity index (χ2n) is 2.87. The molecule has 1 atom stereocenters. The van der Waals surface area contributed by atoms with E-state index in [0.29, 0.717) is 6.42 Å². The molecule has 0 aromatic carbocycles. The lowest BCUT2D eigenvalue weighted by Crippen LogP contribution is -2.31. The third kappa shape index (κ3) is 5.09. The van der Waals surface area contributed by atoms with Crippen LogP contribution < -0.4 is 5.73 Å². The van der Waals surface area contributed by atoms with Crippen molar-refractivity contribution in [3.8, 4) is 0 Å². The highest BCUT2D eigenvalue weighted by molar-refractivity contribution is 5.74. The number of unbranched alkanes of at least 4 members (excludes halogenated alkanes) is 3. The van der Waals surface area contributed by atoms with Crippen molar-refractivity contribution < 1.29 is 14.9 Å². The first-order chi connectivity index (χ1) is 5.72. The molecule has 12 heavy (non-hydrogen) atoms. The van der Waals surface area contributed by atoms with Crippen molar-refractivity contribution in [1.82, 2.24) is 0 Å². The van der Waals surface area contributed by atoms with Crippen LogP contribution in [0, 0.1) is 0 Å². The van der Waals surface area contributed by atoms with Crippen LogP contribution in [0.3, 0.4) is 0 Å². The van der Waals surface area contributed by atoms with Crippen molar-refractivity contribution in [1.29, 1.82) is 0 Å². The molecule has 0 saturated carbocycles. The first-order valence-electron chi connectivity index (χ1n) is 4.33. The Balaban J connectivity index is 3.31. The first kappa shape index (κ1) is 11.4. The summed E-state index contributed by atoms with van der Waals surface area (Å²) < 4.78 is 0. The normalized spacial score (nSPS) is 12.6. The molecule has 0 heterocycles. The van der Waals surface area contributed by atoms with Crippen LogP contribution in [0.5, 0.6) is 0 Å². The van der Waals surface area contributed by atoms with Crippen molar-refractivity contribution in [2.24, 2.45) is 5.73 Å². The van der Waals surface area contributed by atoms with Gasteiger partial charge in [0.2, 0.25) is 0 Å². The minimum Gasteiger partial charge on any atom is -0.318 e. The molecule has 0 spiro atoms. The summed E-state index contributed by atoms with van der Waals surface area (Å²) in [5.74, 6) is -0.744. The van der Waals surface area contributed by atoms with Gasteiger partial charge in [0.15, 0.2) is 0 Å². The summed E-state index contributed by atoms with van der Waals surface area (Å²) in [7, 11) is 0. The molecule has 1 unspecified atom stereocenters. The van der Waals surface area contributed by atoms with E-state index in [4.69, 9.17) is 11.0 Å². The highest BCUT2D eigenvalue weighted by Gasteiger charge is 2.13. The fourth-order valence-electron chi connectivity index (χ4n) is 0.977. The van der Waals surface area contributed by atoms with E-state index in [-0.39, 0.29) is 0 Å². The molecule has 0 aliphatic heterocycles. The van der Waals surface area contributed by atoms with Gasteiger partial charge >= 0.3 is 5.97 Å². The molecule has 0 aromatic heterocycles. The molecule has 4 heteroatoms. The van der Waals surface area contributed by atoms with Gasteiger partial charge in [-0.2, -0.15) is 5.26 Å². The Kier molecular flexibility index (Phi) is 6.70. The number of carbonyl (C=O) groups excluding carboxylic acids is 1. The van der Waals surface area contributed by atoms with E-state index in [2.05, 4.69) is 11.8 Å². The average molecular weight is 175 g/mol. The summed E-state index contributed by atoms with van der Waals surface area (Å²) in [6.45, 7) is 2.11. The van der Waals surface area contributed by atoms with E-state index in [1.165, 1.54) is 0 Å². The maximum absolute atomic E-state index is 10.6. The predicted molar refractivity (Wildman–Crippen MR) is 45.5 cm³/mol. The maximum Gasteiger partial charge on any atom is 0.358 e. The van der Waals surface area contributed by atoms with E-state index >= 15 is 0 Å². The summed E-state index contributed by atoms with van der Waals surface area (Å²) in [5.41, 5.74) is 5.38. The van der Waals surface area contributed by atoms with E-state index in [1.54, 1.807) is 0 Å². The Morgan fingerprint density at radius 1 is 1.50 bits per heavy atom. The van der Waals surface area contributed by atoms with E-state index in [9.17, 15) is 4.79 Å². The van der Waals surface area contributed by atoms with Gasteiger partial charge in [-0.25, -0.2) is 4.79 Å². The molecule has 0 rings (SSSR count). The molecule has 0 aromatic rings. The highest BCUT2D eigenvalue weighted by atomic mass is 17.1. The lowest BCUT2D eigenvalue weighted by molar-refractivity contribution is -0.235. The van der Waals surface area contributed by atoms with Gasteiger partial charge < -0.3 is 5.73 Å². The molecule has 0 bridgehead atoms. The molecular formula is C8H17NO3. The summed E-state index contributed by atoms with van der Waals surface area (Å²) in [5, 5.41) is 7.98. The van der Waals surface area contributed by atoms with Crippen molar-refractivity contribution in [3.05, 3.63) is 0 Å². The quantitative estimate of drug-likeness (QED) is 0.362. The molecule has 3 N–H and O–H groups in total. The van der Waals surface area contributed by atoms with Crippen molar-refractivity contribution in [2.75, 3.05) is 0 Å². The van der Waals surface area contributed by atoms with Crippen molar-refractivity contribution >= 4 is 5.97 Å². The fourth-order valence-corrected chi connectivity index (χ4v) is 0.977. The number of carbonyl (C=O) groups is 1. The van der Waals surface area contributed by atoms with Gasteiger partial charge in [0.05, 0.1) is 0 Å². The van der Waals surface area contributed by atoms with Crippen LogP contribution in [-0.4, -0.2) is 17.3 Å². The lowest BCUT2D eigenvalue weighted by atomic mass is 10.1. The zero-order valence-corrected chi connectivity index (χ0v) is 7.45. The van der Waals surface area contributed by atoms with Crippen LogP contribution in [0.4, 0.5) is 0 Å². The largest absolute Gasteiger partial charge is 0.358 e. The number of hydrogen-bond acceptors (Lipinski definition) is 4. The standard InChI is InChI=1S/C8H17NO3/c1-2-3-4-5-6-7(9)8(10)12-11/h7,11H,2-6,9H2,1H3. The Bertz CT molecular complexity index is 127. The van der Waals surface area contributed by atoms with Crippen LogP contribution >= 0.6 is 0 Å². The second kappa shape index (κ2) is 7.06. The first-order valence-corrected chi connectivity index (χ1v) is 4.33. The van der Waals surface area contributed by atoms with Gasteiger partial charge in [0.25, 0.3) is 0 Å². The van der Waals surface area contributed by atoms with E-state index in [1.807, 2.05) is 0 Å². The zero-order valence-electron chi connectivity index (χ0n) is 7.45. The van der Waals surface area contributed by atoms with Gasteiger partial charge in [0, 0.05) is 0 Å². The average Bonchev–Trinajstić information content (AvgIpc) is 2.10. The number of hydrogen-bond donors (Lipinski definition) is 2. The van der Waals surface area contributed by atoms with Gasteiger partial charge in [-0.3, -0.25) is 4.89 Å². The van der Waals surface area contributed by atoms with Crippen LogP contribution in [0.1, 0.15) is 39.0 Å². The third-order valence-electron chi connectivity index (χ3n) is 1.76. The van der Waals surface area contributed by atoms with Crippen LogP contribution in [0.2, 0.25) is 0 Å². The molecule has 0 fully saturated rings. The molecule has 0 aliphatic rings. The Morgan fingerprint density at radius 2 is 2.17 bits per heavy atom. The highest BCUT2D eigenvalue weighted by Crippen LogP contribution is 2.04. The molecular weight excluding hydrogens is 158 g/mol. The van der Waals surface area contributed by atoms with Crippen LogP contribution in [-0.2, 0) is 9.68 Å². The summed E-state index contributed by atoms with van der Waals surface area (Å²) in [6.07, 6.45) is 4.87. The van der Waals surface area contributed by atoms with Gasteiger partial charge in [-0.05, 0) is 6.42 Å². The van der Waals surface area contributed by atoms with Crippen molar-refractivity contribution in [3.63, 3.8) is 0 Å². The SMILES string of the molecule is CCCCCCC(N)C(=O)OO. The fraction of sp³-hybridized carbons (Fsp3) is 0.875. The number of nitrogens with two attached hydrogens (primary N) is 1. The molecule has 0 aliphatic carbocycles. The topological polar surface area (TPSA) is 72.6 Å². The summed E-state index contributed by atoms with van der Waals surface area (Å²) in [6, 6.07) is -0.674. The monoisotopic (exact) mass is 175 g/mol. The number of rotatable bonds is 6.